The molecule has 2 aromatic rings. The van der Waals surface area contributed by atoms with E-state index >= 15 is 0 Å². The predicted octanol–water partition coefficient (Wildman–Crippen LogP) is 1.88. The van der Waals surface area contributed by atoms with Crippen LogP contribution in [0.3, 0.4) is 0 Å². The summed E-state index contributed by atoms with van der Waals surface area (Å²) in [4.78, 5) is 0. The van der Waals surface area contributed by atoms with Crippen LogP contribution in [0.4, 0.5) is 0 Å². The Balaban J connectivity index is 2.08. The van der Waals surface area contributed by atoms with Gasteiger partial charge in [-0.2, -0.15) is 0 Å². The smallest absolute Gasteiger partial charge is 0.158 e. The van der Waals surface area contributed by atoms with Crippen molar-refractivity contribution in [1.29, 1.82) is 0 Å². The van der Waals surface area contributed by atoms with Crippen molar-refractivity contribution in [3.05, 3.63) is 47.0 Å². The highest BCUT2D eigenvalue weighted by Gasteiger charge is 2.09. The minimum Gasteiger partial charge on any atom is -0.388 e. The van der Waals surface area contributed by atoms with Gasteiger partial charge in [-0.1, -0.05) is 29.8 Å². The molecule has 4 nitrogen and oxygen atoms in total. The molecule has 0 amide bonds. The van der Waals surface area contributed by atoms with Gasteiger partial charge < -0.3 is 9.67 Å². The number of aryl methyl sites for hydroxylation is 3. The molecule has 1 aromatic heterocycles. The molecule has 0 aliphatic rings. The van der Waals surface area contributed by atoms with Gasteiger partial charge in [0.25, 0.3) is 0 Å². The van der Waals surface area contributed by atoms with E-state index in [1.807, 2.05) is 11.5 Å². The number of hydrogen-bond donors (Lipinski definition) is 1. The second kappa shape index (κ2) is 5.78. The van der Waals surface area contributed by atoms with Crippen molar-refractivity contribution in [1.82, 2.24) is 14.8 Å². The van der Waals surface area contributed by atoms with Gasteiger partial charge in [0.1, 0.15) is 12.4 Å². The quantitative estimate of drug-likeness (QED) is 0.875. The Labute approximate surface area is 107 Å². The zero-order chi connectivity index (χ0) is 13.0. The van der Waals surface area contributed by atoms with Crippen LogP contribution in [0.1, 0.15) is 29.7 Å². The molecule has 2 rings (SSSR count). The summed E-state index contributed by atoms with van der Waals surface area (Å²) in [6, 6.07) is 8.50. The van der Waals surface area contributed by atoms with Gasteiger partial charge in [-0.05, 0) is 25.8 Å². The summed E-state index contributed by atoms with van der Waals surface area (Å²) in [5.74, 6) is 1.60. The normalized spacial score (nSPS) is 10.8. The van der Waals surface area contributed by atoms with E-state index in [4.69, 9.17) is 5.11 Å². The fourth-order valence-electron chi connectivity index (χ4n) is 2.16. The zero-order valence-corrected chi connectivity index (χ0v) is 10.9. The molecule has 0 atom stereocenters. The molecule has 0 saturated carbocycles. The fourth-order valence-corrected chi connectivity index (χ4v) is 2.16. The van der Waals surface area contributed by atoms with Gasteiger partial charge in [-0.15, -0.1) is 10.2 Å². The number of rotatable bonds is 5. The van der Waals surface area contributed by atoms with E-state index in [9.17, 15) is 0 Å². The van der Waals surface area contributed by atoms with E-state index in [1.54, 1.807) is 0 Å². The molecule has 0 fully saturated rings. The molecule has 1 aromatic carbocycles. The Morgan fingerprint density at radius 2 is 1.94 bits per heavy atom. The molecule has 96 valence electrons. The Kier molecular flexibility index (Phi) is 4.10. The first-order valence-electron chi connectivity index (χ1n) is 6.32. The number of nitrogens with zero attached hydrogens (tertiary/aromatic N) is 3. The van der Waals surface area contributed by atoms with E-state index in [1.165, 1.54) is 11.1 Å². The first-order chi connectivity index (χ1) is 8.74. The highest BCUT2D eigenvalue weighted by Crippen LogP contribution is 2.09. The van der Waals surface area contributed by atoms with Crippen LogP contribution in [0, 0.1) is 6.92 Å². The fraction of sp³-hybridized carbons (Fsp3) is 0.429. The monoisotopic (exact) mass is 245 g/mol. The van der Waals surface area contributed by atoms with Crippen molar-refractivity contribution in [3.63, 3.8) is 0 Å². The lowest BCUT2D eigenvalue weighted by Gasteiger charge is -2.06. The topological polar surface area (TPSA) is 50.9 Å². The van der Waals surface area contributed by atoms with Crippen LogP contribution >= 0.6 is 0 Å². The van der Waals surface area contributed by atoms with Crippen LogP contribution in [-0.4, -0.2) is 19.9 Å². The van der Waals surface area contributed by atoms with Gasteiger partial charge in [-0.3, -0.25) is 0 Å². The summed E-state index contributed by atoms with van der Waals surface area (Å²) in [5.41, 5.74) is 2.59. The molecule has 0 unspecified atom stereocenters. The molecule has 4 heteroatoms. The third kappa shape index (κ3) is 2.76. The Morgan fingerprint density at radius 3 is 2.61 bits per heavy atom. The first-order valence-corrected chi connectivity index (χ1v) is 6.32. The molecule has 0 bridgehead atoms. The molecule has 1 N–H and O–H groups in total. The maximum Gasteiger partial charge on any atom is 0.158 e. The lowest BCUT2D eigenvalue weighted by atomic mass is 10.1. The van der Waals surface area contributed by atoms with Gasteiger partial charge in [0, 0.05) is 13.0 Å². The van der Waals surface area contributed by atoms with Crippen molar-refractivity contribution >= 4 is 0 Å². The number of benzene rings is 1. The van der Waals surface area contributed by atoms with E-state index < -0.39 is 0 Å². The molecule has 0 spiro atoms. The lowest BCUT2D eigenvalue weighted by Crippen LogP contribution is -2.07. The van der Waals surface area contributed by atoms with Crippen LogP contribution < -0.4 is 0 Å². The molecular weight excluding hydrogens is 226 g/mol. The predicted molar refractivity (Wildman–Crippen MR) is 70.2 cm³/mol. The standard InChI is InChI=1S/C14H19N3O/c1-3-17-13(15-16-14(17)10-18)8-7-12-6-4-5-11(2)9-12/h4-6,9,18H,3,7-8,10H2,1-2H3. The van der Waals surface area contributed by atoms with Crippen molar-refractivity contribution in [2.45, 2.75) is 39.8 Å². The molecule has 0 aliphatic carbocycles. The highest BCUT2D eigenvalue weighted by molar-refractivity contribution is 5.22. The lowest BCUT2D eigenvalue weighted by molar-refractivity contribution is 0.264. The minimum atomic E-state index is -0.0503. The Hall–Kier alpha value is -1.68. The SMILES string of the molecule is CCn1c(CO)nnc1CCc1cccc(C)c1. The minimum absolute atomic E-state index is 0.0503. The van der Waals surface area contributed by atoms with Crippen molar-refractivity contribution in [2.75, 3.05) is 0 Å². The van der Waals surface area contributed by atoms with Gasteiger partial charge in [0.05, 0.1) is 0 Å². The van der Waals surface area contributed by atoms with Gasteiger partial charge in [0.2, 0.25) is 0 Å². The second-order valence-electron chi connectivity index (χ2n) is 4.42. The van der Waals surface area contributed by atoms with Crippen LogP contribution in [-0.2, 0) is 26.0 Å². The number of aliphatic hydroxyl groups excluding tert-OH is 1. The summed E-state index contributed by atoms with van der Waals surface area (Å²) in [7, 11) is 0. The second-order valence-corrected chi connectivity index (χ2v) is 4.42. The number of aliphatic hydroxyl groups is 1. The van der Waals surface area contributed by atoms with E-state index in [-0.39, 0.29) is 6.61 Å². The summed E-state index contributed by atoms with van der Waals surface area (Å²) < 4.78 is 1.98. The van der Waals surface area contributed by atoms with E-state index in [0.717, 1.165) is 25.2 Å². The summed E-state index contributed by atoms with van der Waals surface area (Å²) >= 11 is 0. The average molecular weight is 245 g/mol. The highest BCUT2D eigenvalue weighted by atomic mass is 16.3. The molecule has 0 radical (unpaired) electrons. The molecule has 18 heavy (non-hydrogen) atoms. The number of hydrogen-bond acceptors (Lipinski definition) is 3. The van der Waals surface area contributed by atoms with Crippen molar-refractivity contribution in [3.8, 4) is 0 Å². The van der Waals surface area contributed by atoms with Crippen molar-refractivity contribution in [2.24, 2.45) is 0 Å². The zero-order valence-electron chi connectivity index (χ0n) is 10.9. The number of aromatic nitrogens is 3. The van der Waals surface area contributed by atoms with Crippen LogP contribution in [0.15, 0.2) is 24.3 Å². The summed E-state index contributed by atoms with van der Waals surface area (Å²) in [6.07, 6.45) is 1.80. The van der Waals surface area contributed by atoms with E-state index in [0.29, 0.717) is 5.82 Å². The maximum absolute atomic E-state index is 9.16. The third-order valence-electron chi connectivity index (χ3n) is 3.08. The molecule has 1 heterocycles. The van der Waals surface area contributed by atoms with Gasteiger partial charge in [-0.25, -0.2) is 0 Å². The first kappa shape index (κ1) is 12.8. The molecule has 0 saturated heterocycles. The van der Waals surface area contributed by atoms with Crippen molar-refractivity contribution < 1.29 is 5.11 Å². The summed E-state index contributed by atoms with van der Waals surface area (Å²) in [6.45, 7) is 4.89. The maximum atomic E-state index is 9.16. The molecule has 0 aliphatic heterocycles. The average Bonchev–Trinajstić information content (AvgIpc) is 2.78. The van der Waals surface area contributed by atoms with Crippen LogP contribution in [0.5, 0.6) is 0 Å². The Bertz CT molecular complexity index is 520. The van der Waals surface area contributed by atoms with Crippen LogP contribution in [0.2, 0.25) is 0 Å². The largest absolute Gasteiger partial charge is 0.388 e. The van der Waals surface area contributed by atoms with Gasteiger partial charge >= 0.3 is 0 Å². The third-order valence-corrected chi connectivity index (χ3v) is 3.08. The van der Waals surface area contributed by atoms with Crippen LogP contribution in [0.25, 0.3) is 0 Å². The summed E-state index contributed by atoms with van der Waals surface area (Å²) in [5, 5.41) is 17.3. The van der Waals surface area contributed by atoms with Gasteiger partial charge in [0.15, 0.2) is 5.82 Å². The Morgan fingerprint density at radius 1 is 1.17 bits per heavy atom. The molecular formula is C14H19N3O. The van der Waals surface area contributed by atoms with E-state index in [2.05, 4.69) is 41.4 Å².